The van der Waals surface area contributed by atoms with Gasteiger partial charge >= 0.3 is 6.09 Å². The van der Waals surface area contributed by atoms with E-state index < -0.39 is 11.7 Å². The summed E-state index contributed by atoms with van der Waals surface area (Å²) in [6, 6.07) is 0. The van der Waals surface area contributed by atoms with E-state index in [1.807, 2.05) is 45.9 Å². The predicted molar refractivity (Wildman–Crippen MR) is 85.1 cm³/mol. The first-order valence-electron chi connectivity index (χ1n) is 7.64. The molecule has 4 heteroatoms. The van der Waals surface area contributed by atoms with Crippen LogP contribution < -0.4 is 0 Å². The maximum Gasteiger partial charge on any atom is 0.410 e. The van der Waals surface area contributed by atoms with Gasteiger partial charge in [0.15, 0.2) is 0 Å². The molecule has 0 aromatic carbocycles. The van der Waals surface area contributed by atoms with E-state index in [0.29, 0.717) is 13.1 Å². The van der Waals surface area contributed by atoms with Crippen molar-refractivity contribution in [3.63, 3.8) is 0 Å². The Labute approximate surface area is 128 Å². The molecule has 1 fully saturated rings. The number of hydrogen-bond acceptors (Lipinski definition) is 3. The van der Waals surface area contributed by atoms with Gasteiger partial charge in [-0.25, -0.2) is 4.79 Å². The molecule has 0 aromatic rings. The number of ether oxygens (including phenoxy) is 1. The topological polar surface area (TPSA) is 49.8 Å². The van der Waals surface area contributed by atoms with Crippen LogP contribution in [-0.4, -0.2) is 40.9 Å². The second kappa shape index (κ2) is 7.12. The lowest BCUT2D eigenvalue weighted by molar-refractivity contribution is -0.0158. The molecule has 1 N–H and O–H groups in total. The van der Waals surface area contributed by atoms with Crippen molar-refractivity contribution in [1.82, 2.24) is 4.90 Å². The quantitative estimate of drug-likeness (QED) is 0.807. The molecule has 1 aliphatic rings. The maximum atomic E-state index is 12.1. The fraction of sp³-hybridized carbons (Fsp3) is 0.706. The van der Waals surface area contributed by atoms with Crippen LogP contribution in [0.25, 0.3) is 0 Å². The zero-order chi connectivity index (χ0) is 16.1. The standard InChI is InChI=1S/C17H29NO3/c1-6-8-14(19)17(9-7-2)10-12-18(13-11-17)15(20)21-16(3,4)5/h6-8,14,19H,2,9-13H2,1,3-5H3/b8-6+. The van der Waals surface area contributed by atoms with Gasteiger partial charge in [-0.1, -0.05) is 18.2 Å². The van der Waals surface area contributed by atoms with Crippen molar-refractivity contribution in [1.29, 1.82) is 0 Å². The van der Waals surface area contributed by atoms with E-state index >= 15 is 0 Å². The van der Waals surface area contributed by atoms with E-state index in [0.717, 1.165) is 19.3 Å². The Morgan fingerprint density at radius 2 is 2.00 bits per heavy atom. The monoisotopic (exact) mass is 295 g/mol. The van der Waals surface area contributed by atoms with E-state index in [1.54, 1.807) is 4.90 Å². The second-order valence-electron chi connectivity index (χ2n) is 6.79. The summed E-state index contributed by atoms with van der Waals surface area (Å²) < 4.78 is 5.40. The SMILES string of the molecule is C=CCC1(C(O)/C=C/C)CCN(C(=O)OC(C)(C)C)CC1. The third-order valence-corrected chi connectivity index (χ3v) is 3.96. The normalized spacial score (nSPS) is 20.3. The molecule has 21 heavy (non-hydrogen) atoms. The summed E-state index contributed by atoms with van der Waals surface area (Å²) in [7, 11) is 0. The molecular formula is C17H29NO3. The van der Waals surface area contributed by atoms with Crippen molar-refractivity contribution in [2.24, 2.45) is 5.41 Å². The van der Waals surface area contributed by atoms with Gasteiger partial charge in [0.25, 0.3) is 0 Å². The third kappa shape index (κ3) is 4.88. The van der Waals surface area contributed by atoms with Crippen LogP contribution in [0.15, 0.2) is 24.8 Å². The predicted octanol–water partition coefficient (Wildman–Crippen LogP) is 3.52. The number of nitrogens with zero attached hydrogens (tertiary/aromatic N) is 1. The first-order chi connectivity index (χ1) is 9.74. The van der Waals surface area contributed by atoms with Gasteiger partial charge in [-0.3, -0.25) is 0 Å². The first-order valence-corrected chi connectivity index (χ1v) is 7.64. The van der Waals surface area contributed by atoms with Crippen molar-refractivity contribution in [2.45, 2.75) is 58.7 Å². The van der Waals surface area contributed by atoms with Crippen molar-refractivity contribution >= 4 is 6.09 Å². The van der Waals surface area contributed by atoms with Gasteiger partial charge in [-0.15, -0.1) is 6.58 Å². The first kappa shape index (κ1) is 17.8. The molecule has 0 spiro atoms. The molecule has 1 atom stereocenters. The Balaban J connectivity index is 2.70. The lowest BCUT2D eigenvalue weighted by atomic mass is 9.71. The van der Waals surface area contributed by atoms with Gasteiger partial charge in [0.05, 0.1) is 6.10 Å². The van der Waals surface area contributed by atoms with Crippen LogP contribution in [0.4, 0.5) is 4.79 Å². The molecule has 1 amide bonds. The average molecular weight is 295 g/mol. The number of rotatable bonds is 4. The summed E-state index contributed by atoms with van der Waals surface area (Å²) >= 11 is 0. The lowest BCUT2D eigenvalue weighted by Crippen LogP contribution is -2.48. The van der Waals surface area contributed by atoms with Crippen molar-refractivity contribution in [3.8, 4) is 0 Å². The van der Waals surface area contributed by atoms with Gasteiger partial charge in [-0.05, 0) is 47.0 Å². The van der Waals surface area contributed by atoms with E-state index in [4.69, 9.17) is 4.74 Å². The third-order valence-electron chi connectivity index (χ3n) is 3.96. The van der Waals surface area contributed by atoms with Gasteiger partial charge in [0, 0.05) is 18.5 Å². The number of hydrogen-bond donors (Lipinski definition) is 1. The van der Waals surface area contributed by atoms with E-state index in [2.05, 4.69) is 6.58 Å². The van der Waals surface area contributed by atoms with Crippen LogP contribution in [0.5, 0.6) is 0 Å². The number of aliphatic hydroxyl groups is 1. The van der Waals surface area contributed by atoms with Crippen LogP contribution >= 0.6 is 0 Å². The maximum absolute atomic E-state index is 12.1. The summed E-state index contributed by atoms with van der Waals surface area (Å²) in [4.78, 5) is 13.8. The van der Waals surface area contributed by atoms with Crippen molar-refractivity contribution in [3.05, 3.63) is 24.8 Å². The van der Waals surface area contributed by atoms with Crippen LogP contribution in [0, 0.1) is 5.41 Å². The van der Waals surface area contributed by atoms with Gasteiger partial charge < -0.3 is 14.7 Å². The molecule has 120 valence electrons. The Morgan fingerprint density at radius 1 is 1.43 bits per heavy atom. The second-order valence-corrected chi connectivity index (χ2v) is 6.79. The van der Waals surface area contributed by atoms with Crippen LogP contribution in [0.2, 0.25) is 0 Å². The number of carbonyl (C=O) groups is 1. The van der Waals surface area contributed by atoms with Crippen molar-refractivity contribution in [2.75, 3.05) is 13.1 Å². The summed E-state index contributed by atoms with van der Waals surface area (Å²) in [5.74, 6) is 0. The van der Waals surface area contributed by atoms with Crippen LogP contribution in [0.1, 0.15) is 47.0 Å². The Kier molecular flexibility index (Phi) is 6.02. The summed E-state index contributed by atoms with van der Waals surface area (Å²) in [5.41, 5.74) is -0.691. The van der Waals surface area contributed by atoms with Crippen LogP contribution in [-0.2, 0) is 4.74 Å². The molecule has 1 aliphatic heterocycles. The van der Waals surface area contributed by atoms with E-state index in [1.165, 1.54) is 0 Å². The number of allylic oxidation sites excluding steroid dienone is 2. The molecule has 1 saturated heterocycles. The lowest BCUT2D eigenvalue weighted by Gasteiger charge is -2.43. The minimum Gasteiger partial charge on any atom is -0.444 e. The summed E-state index contributed by atoms with van der Waals surface area (Å²) in [6.07, 6.45) is 7.04. The molecule has 0 aromatic heterocycles. The largest absolute Gasteiger partial charge is 0.444 e. The Bertz CT molecular complexity index is 387. The molecular weight excluding hydrogens is 266 g/mol. The summed E-state index contributed by atoms with van der Waals surface area (Å²) in [5, 5.41) is 10.4. The van der Waals surface area contributed by atoms with E-state index in [-0.39, 0.29) is 11.5 Å². The number of carbonyl (C=O) groups excluding carboxylic acids is 1. The van der Waals surface area contributed by atoms with Crippen molar-refractivity contribution < 1.29 is 14.6 Å². The minimum absolute atomic E-state index is 0.216. The molecule has 1 rings (SSSR count). The zero-order valence-corrected chi connectivity index (χ0v) is 13.8. The number of aliphatic hydroxyl groups excluding tert-OH is 1. The fourth-order valence-corrected chi connectivity index (χ4v) is 2.76. The van der Waals surface area contributed by atoms with Gasteiger partial charge in [-0.2, -0.15) is 0 Å². The van der Waals surface area contributed by atoms with Gasteiger partial charge in [0.1, 0.15) is 5.60 Å². The highest BCUT2D eigenvalue weighted by Crippen LogP contribution is 2.39. The molecule has 0 saturated carbocycles. The minimum atomic E-state index is -0.499. The number of likely N-dealkylation sites (tertiary alicyclic amines) is 1. The number of amides is 1. The highest BCUT2D eigenvalue weighted by atomic mass is 16.6. The Morgan fingerprint density at radius 3 is 2.43 bits per heavy atom. The Hall–Kier alpha value is -1.29. The molecule has 1 heterocycles. The van der Waals surface area contributed by atoms with E-state index in [9.17, 15) is 9.90 Å². The molecule has 0 bridgehead atoms. The smallest absolute Gasteiger partial charge is 0.410 e. The fourth-order valence-electron chi connectivity index (χ4n) is 2.76. The van der Waals surface area contributed by atoms with Crippen LogP contribution in [0.3, 0.4) is 0 Å². The molecule has 0 aliphatic carbocycles. The summed E-state index contributed by atoms with van der Waals surface area (Å²) in [6.45, 7) is 12.5. The molecule has 0 radical (unpaired) electrons. The average Bonchev–Trinajstić information content (AvgIpc) is 2.38. The number of piperidine rings is 1. The molecule has 1 unspecified atom stereocenters. The van der Waals surface area contributed by atoms with Gasteiger partial charge in [0.2, 0.25) is 0 Å². The highest BCUT2D eigenvalue weighted by molar-refractivity contribution is 5.68. The zero-order valence-electron chi connectivity index (χ0n) is 13.8. The highest BCUT2D eigenvalue weighted by Gasteiger charge is 2.40. The molecule has 4 nitrogen and oxygen atoms in total.